The molecule has 1 atom stereocenters. The molecule has 1 aromatic rings. The van der Waals surface area contributed by atoms with E-state index in [0.29, 0.717) is 5.56 Å². The molecule has 0 radical (unpaired) electrons. The fraction of sp³-hybridized carbons (Fsp3) is 0.214. The number of nitro groups is 1. The Hall–Kier alpha value is -2.83. The summed E-state index contributed by atoms with van der Waals surface area (Å²) < 4.78 is 4.60. The van der Waals surface area contributed by atoms with Crippen LogP contribution in [0.4, 0.5) is 5.69 Å². The van der Waals surface area contributed by atoms with Crippen LogP contribution in [-0.2, 0) is 19.1 Å². The minimum absolute atomic E-state index is 0.0606. The maximum atomic E-state index is 11.7. The third kappa shape index (κ3) is 4.64. The zero-order valence-electron chi connectivity index (χ0n) is 11.2. The van der Waals surface area contributed by atoms with E-state index < -0.39 is 22.6 Å². The van der Waals surface area contributed by atoms with E-state index in [1.165, 1.54) is 24.3 Å². The highest BCUT2D eigenvalue weighted by Gasteiger charge is 2.25. The van der Waals surface area contributed by atoms with Crippen molar-refractivity contribution in [1.82, 2.24) is 0 Å². The van der Waals surface area contributed by atoms with Crippen molar-refractivity contribution in [2.45, 2.75) is 6.92 Å². The molecule has 0 saturated carbocycles. The molecule has 0 aliphatic heterocycles. The molecule has 0 saturated heterocycles. The van der Waals surface area contributed by atoms with Crippen LogP contribution >= 0.6 is 0 Å². The minimum Gasteiger partial charge on any atom is -0.465 e. The molecule has 21 heavy (non-hydrogen) atoms. The van der Waals surface area contributed by atoms with Crippen molar-refractivity contribution in [1.29, 1.82) is 0 Å². The fourth-order valence-electron chi connectivity index (χ4n) is 1.49. The summed E-state index contributed by atoms with van der Waals surface area (Å²) >= 11 is 0. The standard InChI is InChI=1S/C14H13NO6/c1-2-21-14(18)12(9-16)13(17)7-6-10-4-3-5-11(8-10)15(19)20/h3-9,12H,2H2,1H3/b7-6+. The van der Waals surface area contributed by atoms with Gasteiger partial charge in [-0.15, -0.1) is 0 Å². The number of rotatable bonds is 7. The molecule has 0 aliphatic carbocycles. The van der Waals surface area contributed by atoms with Gasteiger partial charge in [-0.05, 0) is 18.6 Å². The van der Waals surface area contributed by atoms with Gasteiger partial charge >= 0.3 is 5.97 Å². The van der Waals surface area contributed by atoms with E-state index in [-0.39, 0.29) is 18.6 Å². The summed E-state index contributed by atoms with van der Waals surface area (Å²) in [4.78, 5) is 43.9. The summed E-state index contributed by atoms with van der Waals surface area (Å²) in [5.41, 5.74) is 0.285. The quantitative estimate of drug-likeness (QED) is 0.188. The molecule has 0 bridgehead atoms. The Kier molecular flexibility index (Phi) is 5.94. The molecule has 0 spiro atoms. The summed E-state index contributed by atoms with van der Waals surface area (Å²) in [5.74, 6) is -3.17. The molecule has 1 aromatic carbocycles. The zero-order chi connectivity index (χ0) is 15.8. The van der Waals surface area contributed by atoms with E-state index in [2.05, 4.69) is 4.74 Å². The number of nitro benzene ring substituents is 1. The smallest absolute Gasteiger partial charge is 0.324 e. The van der Waals surface area contributed by atoms with E-state index in [1.807, 2.05) is 0 Å². The van der Waals surface area contributed by atoms with Gasteiger partial charge in [0, 0.05) is 12.1 Å². The van der Waals surface area contributed by atoms with Crippen LogP contribution in [0.1, 0.15) is 12.5 Å². The van der Waals surface area contributed by atoms with Gasteiger partial charge in [0.05, 0.1) is 11.5 Å². The molecule has 1 rings (SSSR count). The second kappa shape index (κ2) is 7.68. The lowest BCUT2D eigenvalue weighted by Gasteiger charge is -2.05. The first-order valence-corrected chi connectivity index (χ1v) is 6.08. The number of nitrogens with zero attached hydrogens (tertiary/aromatic N) is 1. The van der Waals surface area contributed by atoms with Crippen LogP contribution in [0.2, 0.25) is 0 Å². The average molecular weight is 291 g/mol. The molecule has 0 fully saturated rings. The Balaban J connectivity index is 2.86. The first kappa shape index (κ1) is 16.2. The molecule has 0 N–H and O–H groups in total. The maximum Gasteiger partial charge on any atom is 0.324 e. The molecule has 0 amide bonds. The Morgan fingerprint density at radius 3 is 2.71 bits per heavy atom. The number of hydrogen-bond acceptors (Lipinski definition) is 6. The summed E-state index contributed by atoms with van der Waals surface area (Å²) in [5, 5.41) is 10.6. The van der Waals surface area contributed by atoms with Crippen LogP contribution in [0.3, 0.4) is 0 Å². The van der Waals surface area contributed by atoms with Crippen LogP contribution < -0.4 is 0 Å². The van der Waals surface area contributed by atoms with E-state index in [1.54, 1.807) is 13.0 Å². The predicted octanol–water partition coefficient (Wildman–Crippen LogP) is 1.56. The number of carbonyl (C=O) groups excluding carboxylic acids is 3. The number of hydrogen-bond donors (Lipinski definition) is 0. The SMILES string of the molecule is CCOC(=O)C(C=O)C(=O)/C=C/c1cccc([N+](=O)[O-])c1. The number of ether oxygens (including phenoxy) is 1. The lowest BCUT2D eigenvalue weighted by atomic mass is 10.0. The van der Waals surface area contributed by atoms with E-state index in [0.717, 1.165) is 6.08 Å². The molecular formula is C14H13NO6. The Morgan fingerprint density at radius 1 is 1.43 bits per heavy atom. The van der Waals surface area contributed by atoms with Crippen molar-refractivity contribution >= 4 is 29.8 Å². The normalized spacial score (nSPS) is 11.9. The molecule has 0 aliphatic rings. The second-order valence-corrected chi connectivity index (χ2v) is 3.95. The van der Waals surface area contributed by atoms with Gasteiger partial charge in [0.1, 0.15) is 6.29 Å². The van der Waals surface area contributed by atoms with Gasteiger partial charge in [-0.3, -0.25) is 19.7 Å². The third-order valence-electron chi connectivity index (χ3n) is 2.50. The van der Waals surface area contributed by atoms with Crippen molar-refractivity contribution in [2.75, 3.05) is 6.61 Å². The minimum atomic E-state index is -1.51. The summed E-state index contributed by atoms with van der Waals surface area (Å²) in [6.07, 6.45) is 2.53. The lowest BCUT2D eigenvalue weighted by Crippen LogP contribution is -2.26. The molecule has 7 nitrogen and oxygen atoms in total. The van der Waals surface area contributed by atoms with Crippen molar-refractivity contribution in [3.8, 4) is 0 Å². The van der Waals surface area contributed by atoms with Crippen LogP contribution in [0.15, 0.2) is 30.3 Å². The Labute approximate surface area is 120 Å². The number of non-ortho nitro benzene ring substituents is 1. The summed E-state index contributed by atoms with van der Waals surface area (Å²) in [6, 6.07) is 5.60. The fourth-order valence-corrected chi connectivity index (χ4v) is 1.49. The molecule has 0 heterocycles. The number of benzene rings is 1. The van der Waals surface area contributed by atoms with Crippen LogP contribution in [0.5, 0.6) is 0 Å². The highest BCUT2D eigenvalue weighted by Crippen LogP contribution is 2.14. The van der Waals surface area contributed by atoms with Crippen molar-refractivity contribution in [3.63, 3.8) is 0 Å². The van der Waals surface area contributed by atoms with Gasteiger partial charge < -0.3 is 9.53 Å². The zero-order valence-corrected chi connectivity index (χ0v) is 11.2. The molecule has 1 unspecified atom stereocenters. The van der Waals surface area contributed by atoms with Crippen molar-refractivity contribution in [3.05, 3.63) is 46.0 Å². The summed E-state index contributed by atoms with van der Waals surface area (Å²) in [6.45, 7) is 1.62. The highest BCUT2D eigenvalue weighted by molar-refractivity contribution is 6.16. The molecule has 110 valence electrons. The molecule has 7 heteroatoms. The van der Waals surface area contributed by atoms with E-state index in [9.17, 15) is 24.5 Å². The van der Waals surface area contributed by atoms with Crippen LogP contribution in [0.25, 0.3) is 6.08 Å². The largest absolute Gasteiger partial charge is 0.465 e. The monoisotopic (exact) mass is 291 g/mol. The number of ketones is 1. The highest BCUT2D eigenvalue weighted by atomic mass is 16.6. The first-order chi connectivity index (χ1) is 9.99. The second-order valence-electron chi connectivity index (χ2n) is 3.95. The Morgan fingerprint density at radius 2 is 2.14 bits per heavy atom. The number of allylic oxidation sites excluding steroid dienone is 1. The number of esters is 1. The van der Waals surface area contributed by atoms with Crippen LogP contribution in [0, 0.1) is 16.0 Å². The van der Waals surface area contributed by atoms with Gasteiger partial charge in [0.15, 0.2) is 11.7 Å². The maximum absolute atomic E-state index is 11.7. The van der Waals surface area contributed by atoms with Crippen molar-refractivity contribution < 1.29 is 24.0 Å². The Bertz CT molecular complexity index is 593. The van der Waals surface area contributed by atoms with Gasteiger partial charge in [-0.25, -0.2) is 0 Å². The number of carbonyl (C=O) groups is 3. The van der Waals surface area contributed by atoms with Gasteiger partial charge in [-0.2, -0.15) is 0 Å². The third-order valence-corrected chi connectivity index (χ3v) is 2.50. The van der Waals surface area contributed by atoms with Gasteiger partial charge in [0.25, 0.3) is 5.69 Å². The predicted molar refractivity (Wildman–Crippen MR) is 73.3 cm³/mol. The van der Waals surface area contributed by atoms with Gasteiger partial charge in [0.2, 0.25) is 0 Å². The number of aldehydes is 1. The average Bonchev–Trinajstić information content (AvgIpc) is 2.46. The first-order valence-electron chi connectivity index (χ1n) is 6.08. The lowest BCUT2D eigenvalue weighted by molar-refractivity contribution is -0.384. The topological polar surface area (TPSA) is 104 Å². The van der Waals surface area contributed by atoms with Gasteiger partial charge in [-0.1, -0.05) is 18.2 Å². The van der Waals surface area contributed by atoms with E-state index >= 15 is 0 Å². The molecule has 0 aromatic heterocycles. The van der Waals surface area contributed by atoms with Crippen LogP contribution in [-0.4, -0.2) is 29.6 Å². The summed E-state index contributed by atoms with van der Waals surface area (Å²) in [7, 11) is 0. The molecular weight excluding hydrogens is 278 g/mol. The van der Waals surface area contributed by atoms with Crippen molar-refractivity contribution in [2.24, 2.45) is 5.92 Å². The van der Waals surface area contributed by atoms with E-state index in [4.69, 9.17) is 0 Å².